The topological polar surface area (TPSA) is 26.3 Å². The van der Waals surface area contributed by atoms with E-state index in [0.717, 1.165) is 5.56 Å². The summed E-state index contributed by atoms with van der Waals surface area (Å²) in [6.45, 7) is 0. The van der Waals surface area contributed by atoms with Crippen LogP contribution in [0.4, 0.5) is 0 Å². The molecule has 5 heteroatoms. The number of hydrogen-bond donors (Lipinski definition) is 0. The first kappa shape index (κ1) is 12.6. The number of methoxy groups -OCH3 is 1. The number of ether oxygens (including phenoxy) is 1. The first-order chi connectivity index (χ1) is 6.93. The highest BCUT2D eigenvalue weighted by Gasteiger charge is 2.22. The summed E-state index contributed by atoms with van der Waals surface area (Å²) in [6, 6.07) is 6.80. The number of carbonyl (C=O) groups excluding carboxylic acids is 1. The lowest BCUT2D eigenvalue weighted by atomic mass is 10.1. The van der Waals surface area contributed by atoms with Gasteiger partial charge in [0, 0.05) is 5.56 Å². The molecule has 0 atom stereocenters. The second-order valence-corrected chi connectivity index (χ2v) is 5.23. The fourth-order valence-electron chi connectivity index (χ4n) is 1.05. The van der Waals surface area contributed by atoms with Gasteiger partial charge in [0.2, 0.25) is 3.79 Å². The molecule has 0 aromatic heterocycles. The summed E-state index contributed by atoms with van der Waals surface area (Å²) < 4.78 is 3.11. The highest BCUT2D eigenvalue weighted by atomic mass is 35.6. The first-order valence-electron chi connectivity index (χ1n) is 4.16. The maximum Gasteiger partial charge on any atom is 0.309 e. The molecule has 0 fully saturated rings. The van der Waals surface area contributed by atoms with Crippen molar-refractivity contribution >= 4 is 40.8 Å². The van der Waals surface area contributed by atoms with Gasteiger partial charge in [0.15, 0.2) is 0 Å². The SMILES string of the molecule is COC(=O)Cc1ccc(C(Cl)(Cl)Cl)cc1. The average Bonchev–Trinajstić information content (AvgIpc) is 2.17. The number of benzene rings is 1. The van der Waals surface area contributed by atoms with E-state index in [1.165, 1.54) is 7.11 Å². The van der Waals surface area contributed by atoms with Gasteiger partial charge in [-0.3, -0.25) is 4.79 Å². The van der Waals surface area contributed by atoms with Gasteiger partial charge >= 0.3 is 5.97 Å². The van der Waals surface area contributed by atoms with E-state index in [1.54, 1.807) is 24.3 Å². The molecular formula is C10H9Cl3O2. The molecule has 0 heterocycles. The van der Waals surface area contributed by atoms with Crippen molar-refractivity contribution in [3.05, 3.63) is 35.4 Å². The van der Waals surface area contributed by atoms with Crippen LogP contribution >= 0.6 is 34.8 Å². The summed E-state index contributed by atoms with van der Waals surface area (Å²) in [5.74, 6) is -0.295. The van der Waals surface area contributed by atoms with E-state index in [-0.39, 0.29) is 12.4 Å². The van der Waals surface area contributed by atoms with Gasteiger partial charge in [0.1, 0.15) is 0 Å². The molecule has 1 aromatic carbocycles. The highest BCUT2D eigenvalue weighted by Crippen LogP contribution is 2.37. The number of esters is 1. The fourth-order valence-corrected chi connectivity index (χ4v) is 1.43. The van der Waals surface area contributed by atoms with E-state index in [2.05, 4.69) is 4.74 Å². The van der Waals surface area contributed by atoms with E-state index in [1.807, 2.05) is 0 Å². The van der Waals surface area contributed by atoms with Crippen LogP contribution in [-0.4, -0.2) is 13.1 Å². The summed E-state index contributed by atoms with van der Waals surface area (Å²) in [5, 5.41) is 0. The number of halogens is 3. The molecule has 0 unspecified atom stereocenters. The summed E-state index contributed by atoms with van der Waals surface area (Å²) in [5.41, 5.74) is 1.39. The van der Waals surface area contributed by atoms with Crippen molar-refractivity contribution in [1.82, 2.24) is 0 Å². The maximum absolute atomic E-state index is 11.0. The predicted octanol–water partition coefficient (Wildman–Crippen LogP) is 3.23. The van der Waals surface area contributed by atoms with E-state index in [0.29, 0.717) is 5.56 Å². The monoisotopic (exact) mass is 266 g/mol. The Morgan fingerprint density at radius 2 is 1.80 bits per heavy atom. The zero-order valence-corrected chi connectivity index (χ0v) is 10.2. The Labute approximate surface area is 103 Å². The standard InChI is InChI=1S/C10H9Cl3O2/c1-15-9(14)6-7-2-4-8(5-3-7)10(11,12)13/h2-5H,6H2,1H3. The molecule has 0 spiro atoms. The second kappa shape index (κ2) is 5.06. The Morgan fingerprint density at radius 3 is 2.20 bits per heavy atom. The van der Waals surface area contributed by atoms with Crippen molar-refractivity contribution in [3.63, 3.8) is 0 Å². The molecular weight excluding hydrogens is 258 g/mol. The van der Waals surface area contributed by atoms with Gasteiger partial charge in [-0.25, -0.2) is 0 Å². The highest BCUT2D eigenvalue weighted by molar-refractivity contribution is 6.66. The van der Waals surface area contributed by atoms with Crippen LogP contribution in [0.5, 0.6) is 0 Å². The Balaban J connectivity index is 2.77. The predicted molar refractivity (Wildman–Crippen MR) is 61.4 cm³/mol. The van der Waals surface area contributed by atoms with E-state index in [9.17, 15) is 4.79 Å². The third-order valence-corrected chi connectivity index (χ3v) is 2.51. The van der Waals surface area contributed by atoms with Gasteiger partial charge in [-0.05, 0) is 5.56 Å². The fraction of sp³-hybridized carbons (Fsp3) is 0.300. The van der Waals surface area contributed by atoms with Crippen LogP contribution in [0.15, 0.2) is 24.3 Å². The third-order valence-electron chi connectivity index (χ3n) is 1.86. The van der Waals surface area contributed by atoms with Crippen LogP contribution in [0.25, 0.3) is 0 Å². The summed E-state index contributed by atoms with van der Waals surface area (Å²) >= 11 is 17.0. The molecule has 0 aliphatic rings. The van der Waals surface area contributed by atoms with Crippen LogP contribution in [0.2, 0.25) is 0 Å². The summed E-state index contributed by atoms with van der Waals surface area (Å²) in [7, 11) is 1.35. The largest absolute Gasteiger partial charge is 0.469 e. The molecule has 0 aliphatic heterocycles. The van der Waals surface area contributed by atoms with Crippen molar-refractivity contribution < 1.29 is 9.53 Å². The molecule has 0 radical (unpaired) electrons. The Bertz CT molecular complexity index is 341. The number of rotatable bonds is 2. The summed E-state index contributed by atoms with van der Waals surface area (Å²) in [4.78, 5) is 11.0. The van der Waals surface area contributed by atoms with Gasteiger partial charge in [0.25, 0.3) is 0 Å². The summed E-state index contributed by atoms with van der Waals surface area (Å²) in [6.07, 6.45) is 0.219. The molecule has 0 saturated heterocycles. The molecule has 0 bridgehead atoms. The van der Waals surface area contributed by atoms with Gasteiger partial charge in [-0.1, -0.05) is 59.1 Å². The minimum absolute atomic E-state index is 0.219. The Morgan fingerprint density at radius 1 is 1.27 bits per heavy atom. The average molecular weight is 268 g/mol. The van der Waals surface area contributed by atoms with Gasteiger partial charge in [-0.2, -0.15) is 0 Å². The number of hydrogen-bond acceptors (Lipinski definition) is 2. The van der Waals surface area contributed by atoms with Gasteiger partial charge in [0.05, 0.1) is 13.5 Å². The van der Waals surface area contributed by atoms with E-state index >= 15 is 0 Å². The lowest BCUT2D eigenvalue weighted by Crippen LogP contribution is -2.05. The van der Waals surface area contributed by atoms with Crippen molar-refractivity contribution in [2.75, 3.05) is 7.11 Å². The smallest absolute Gasteiger partial charge is 0.309 e. The van der Waals surface area contributed by atoms with Crippen molar-refractivity contribution in [1.29, 1.82) is 0 Å². The zero-order valence-electron chi connectivity index (χ0n) is 7.97. The zero-order chi connectivity index (χ0) is 11.5. The van der Waals surface area contributed by atoms with Crippen LogP contribution < -0.4 is 0 Å². The molecule has 1 aromatic rings. The minimum atomic E-state index is -1.43. The van der Waals surface area contributed by atoms with E-state index in [4.69, 9.17) is 34.8 Å². The number of alkyl halides is 3. The minimum Gasteiger partial charge on any atom is -0.469 e. The van der Waals surface area contributed by atoms with Crippen LogP contribution in [0, 0.1) is 0 Å². The molecule has 0 N–H and O–H groups in total. The first-order valence-corrected chi connectivity index (χ1v) is 5.30. The molecule has 15 heavy (non-hydrogen) atoms. The molecule has 1 rings (SSSR count). The van der Waals surface area contributed by atoms with Gasteiger partial charge in [-0.15, -0.1) is 0 Å². The number of carbonyl (C=O) groups is 1. The Hall–Kier alpha value is -0.440. The normalized spacial score (nSPS) is 11.2. The molecule has 2 nitrogen and oxygen atoms in total. The molecule has 82 valence electrons. The second-order valence-electron chi connectivity index (χ2n) is 2.95. The Kier molecular flexibility index (Phi) is 4.26. The van der Waals surface area contributed by atoms with Crippen molar-refractivity contribution in [2.45, 2.75) is 10.2 Å². The molecule has 0 aliphatic carbocycles. The van der Waals surface area contributed by atoms with Crippen LogP contribution in [0.3, 0.4) is 0 Å². The van der Waals surface area contributed by atoms with Crippen molar-refractivity contribution in [2.24, 2.45) is 0 Å². The van der Waals surface area contributed by atoms with E-state index < -0.39 is 3.79 Å². The lowest BCUT2D eigenvalue weighted by Gasteiger charge is -2.11. The maximum atomic E-state index is 11.0. The van der Waals surface area contributed by atoms with Crippen molar-refractivity contribution in [3.8, 4) is 0 Å². The van der Waals surface area contributed by atoms with Crippen LogP contribution in [-0.2, 0) is 19.7 Å². The molecule has 0 saturated carbocycles. The third kappa shape index (κ3) is 3.90. The lowest BCUT2D eigenvalue weighted by molar-refractivity contribution is -0.139. The molecule has 0 amide bonds. The quantitative estimate of drug-likeness (QED) is 0.607. The van der Waals surface area contributed by atoms with Gasteiger partial charge < -0.3 is 4.74 Å². The van der Waals surface area contributed by atoms with Crippen LogP contribution in [0.1, 0.15) is 11.1 Å².